The lowest BCUT2D eigenvalue weighted by Crippen LogP contribution is -2.53. The van der Waals surface area contributed by atoms with Gasteiger partial charge in [-0.05, 0) is 39.5 Å². The second-order valence-corrected chi connectivity index (χ2v) is 7.25. The number of amides is 1. The molecule has 1 aliphatic carbocycles. The SMILES string of the molecule is Cc1nc(C)n(C[C@H]2CN(CC(=O)N[C@](C)(C#N)C3CC3)CCO2)n1. The summed E-state index contributed by atoms with van der Waals surface area (Å²) in [4.78, 5) is 18.7. The average molecular weight is 346 g/mol. The maximum Gasteiger partial charge on any atom is 0.235 e. The minimum atomic E-state index is -0.738. The molecule has 2 heterocycles. The number of aryl methyl sites for hydroxylation is 2. The van der Waals surface area contributed by atoms with E-state index in [1.807, 2.05) is 25.5 Å². The van der Waals surface area contributed by atoms with Gasteiger partial charge in [0.1, 0.15) is 17.2 Å². The van der Waals surface area contributed by atoms with E-state index in [1.54, 1.807) is 0 Å². The van der Waals surface area contributed by atoms with E-state index in [1.165, 1.54) is 0 Å². The van der Waals surface area contributed by atoms with E-state index in [-0.39, 0.29) is 17.9 Å². The van der Waals surface area contributed by atoms with Crippen LogP contribution in [0, 0.1) is 31.1 Å². The van der Waals surface area contributed by atoms with Gasteiger partial charge in [-0.25, -0.2) is 9.67 Å². The highest BCUT2D eigenvalue weighted by atomic mass is 16.5. The van der Waals surface area contributed by atoms with Crippen LogP contribution in [0.25, 0.3) is 0 Å². The topological polar surface area (TPSA) is 96.1 Å². The molecule has 2 fully saturated rings. The van der Waals surface area contributed by atoms with Crippen molar-refractivity contribution >= 4 is 5.91 Å². The molecule has 0 bridgehead atoms. The average Bonchev–Trinajstić information content (AvgIpc) is 3.35. The Morgan fingerprint density at radius 1 is 1.48 bits per heavy atom. The number of nitrogens with zero attached hydrogens (tertiary/aromatic N) is 5. The van der Waals surface area contributed by atoms with Gasteiger partial charge < -0.3 is 10.1 Å². The van der Waals surface area contributed by atoms with Crippen LogP contribution in [0.2, 0.25) is 0 Å². The molecular formula is C17H26N6O2. The van der Waals surface area contributed by atoms with Crippen molar-refractivity contribution in [3.05, 3.63) is 11.6 Å². The number of nitrogens with one attached hydrogen (secondary N) is 1. The van der Waals surface area contributed by atoms with Crippen molar-refractivity contribution in [2.45, 2.75) is 51.8 Å². The number of hydrogen-bond donors (Lipinski definition) is 1. The Hall–Kier alpha value is -1.98. The van der Waals surface area contributed by atoms with E-state index in [4.69, 9.17) is 4.74 Å². The molecule has 8 nitrogen and oxygen atoms in total. The van der Waals surface area contributed by atoms with Crippen molar-refractivity contribution in [1.29, 1.82) is 5.26 Å². The first kappa shape index (κ1) is 17.8. The van der Waals surface area contributed by atoms with E-state index < -0.39 is 5.54 Å². The van der Waals surface area contributed by atoms with Gasteiger partial charge in [0.15, 0.2) is 0 Å². The maximum absolute atomic E-state index is 12.4. The summed E-state index contributed by atoms with van der Waals surface area (Å²) < 4.78 is 7.66. The van der Waals surface area contributed by atoms with Crippen molar-refractivity contribution in [3.63, 3.8) is 0 Å². The van der Waals surface area contributed by atoms with E-state index in [9.17, 15) is 10.1 Å². The lowest BCUT2D eigenvalue weighted by molar-refractivity contribution is -0.125. The summed E-state index contributed by atoms with van der Waals surface area (Å²) in [6.07, 6.45) is 2.01. The van der Waals surface area contributed by atoms with Gasteiger partial charge in [-0.1, -0.05) is 0 Å². The number of nitriles is 1. The standard InChI is InChI=1S/C17H26N6O2/c1-12-19-13(2)23(21-12)9-15-8-22(6-7-25-15)10-16(24)20-17(3,11-18)14-4-5-14/h14-15H,4-10H2,1-3H3,(H,20,24)/t15-,17-/m1/s1. The molecule has 8 heteroatoms. The molecule has 1 aromatic heterocycles. The predicted molar refractivity (Wildman–Crippen MR) is 90.6 cm³/mol. The second-order valence-electron chi connectivity index (χ2n) is 7.25. The first-order chi connectivity index (χ1) is 11.9. The van der Waals surface area contributed by atoms with E-state index in [2.05, 4.69) is 26.4 Å². The molecule has 25 heavy (non-hydrogen) atoms. The molecule has 136 valence electrons. The van der Waals surface area contributed by atoms with Gasteiger partial charge in [0, 0.05) is 13.1 Å². The van der Waals surface area contributed by atoms with E-state index >= 15 is 0 Å². The van der Waals surface area contributed by atoms with Crippen LogP contribution in [-0.2, 0) is 16.1 Å². The van der Waals surface area contributed by atoms with Crippen LogP contribution in [0.3, 0.4) is 0 Å². The predicted octanol–water partition coefficient (Wildman–Crippen LogP) is 0.404. The van der Waals surface area contributed by atoms with Gasteiger partial charge >= 0.3 is 0 Å². The third-order valence-electron chi connectivity index (χ3n) is 4.95. The zero-order chi connectivity index (χ0) is 18.0. The zero-order valence-corrected chi connectivity index (χ0v) is 15.2. The van der Waals surface area contributed by atoms with Gasteiger partial charge in [0.2, 0.25) is 5.91 Å². The van der Waals surface area contributed by atoms with Gasteiger partial charge in [-0.2, -0.15) is 10.4 Å². The van der Waals surface area contributed by atoms with Crippen LogP contribution in [-0.4, -0.2) is 63.5 Å². The summed E-state index contributed by atoms with van der Waals surface area (Å²) in [5.41, 5.74) is -0.738. The first-order valence-corrected chi connectivity index (χ1v) is 8.84. The first-order valence-electron chi connectivity index (χ1n) is 8.84. The van der Waals surface area contributed by atoms with Crippen molar-refractivity contribution in [2.24, 2.45) is 5.92 Å². The number of rotatable bonds is 6. The van der Waals surface area contributed by atoms with Crippen molar-refractivity contribution in [3.8, 4) is 6.07 Å². The fourth-order valence-electron chi connectivity index (χ4n) is 3.38. The van der Waals surface area contributed by atoms with Gasteiger partial charge in [-0.15, -0.1) is 0 Å². The van der Waals surface area contributed by atoms with Gasteiger partial charge in [0.05, 0.1) is 31.9 Å². The fraction of sp³-hybridized carbons (Fsp3) is 0.765. The van der Waals surface area contributed by atoms with Crippen molar-refractivity contribution in [2.75, 3.05) is 26.2 Å². The summed E-state index contributed by atoms with van der Waals surface area (Å²) in [5, 5.41) is 16.7. The summed E-state index contributed by atoms with van der Waals surface area (Å²) in [7, 11) is 0. The van der Waals surface area contributed by atoms with Crippen LogP contribution in [0.4, 0.5) is 0 Å². The monoisotopic (exact) mass is 346 g/mol. The van der Waals surface area contributed by atoms with Gasteiger partial charge in [-0.3, -0.25) is 9.69 Å². The Balaban J connectivity index is 1.52. The maximum atomic E-state index is 12.4. The molecule has 1 saturated heterocycles. The minimum Gasteiger partial charge on any atom is -0.374 e. The van der Waals surface area contributed by atoms with E-state index in [0.717, 1.165) is 24.5 Å². The number of aromatic nitrogens is 3. The smallest absolute Gasteiger partial charge is 0.235 e. The molecule has 2 aliphatic rings. The second kappa shape index (κ2) is 7.10. The molecule has 1 aliphatic heterocycles. The highest BCUT2D eigenvalue weighted by Gasteiger charge is 2.43. The molecule has 3 rings (SSSR count). The lowest BCUT2D eigenvalue weighted by Gasteiger charge is -2.33. The quantitative estimate of drug-likeness (QED) is 0.801. The van der Waals surface area contributed by atoms with Crippen molar-refractivity contribution < 1.29 is 9.53 Å². The Morgan fingerprint density at radius 3 is 2.84 bits per heavy atom. The molecule has 1 saturated carbocycles. The third-order valence-corrected chi connectivity index (χ3v) is 4.95. The number of ether oxygens (including phenoxy) is 1. The normalized spacial score (nSPS) is 23.7. The van der Waals surface area contributed by atoms with Crippen LogP contribution < -0.4 is 5.32 Å². The molecular weight excluding hydrogens is 320 g/mol. The highest BCUT2D eigenvalue weighted by Crippen LogP contribution is 2.39. The Bertz CT molecular complexity index is 677. The summed E-state index contributed by atoms with van der Waals surface area (Å²) in [5.74, 6) is 1.81. The summed E-state index contributed by atoms with van der Waals surface area (Å²) >= 11 is 0. The Morgan fingerprint density at radius 2 is 2.24 bits per heavy atom. The molecule has 1 N–H and O–H groups in total. The summed E-state index contributed by atoms with van der Waals surface area (Å²) in [6, 6.07) is 2.26. The molecule has 2 atom stereocenters. The number of hydrogen-bond acceptors (Lipinski definition) is 6. The Labute approximate surface area is 148 Å². The molecule has 1 amide bonds. The Kier molecular flexibility index (Phi) is 5.06. The molecule has 0 radical (unpaired) electrons. The van der Waals surface area contributed by atoms with Crippen LogP contribution >= 0.6 is 0 Å². The molecule has 0 spiro atoms. The van der Waals surface area contributed by atoms with Crippen LogP contribution in [0.15, 0.2) is 0 Å². The number of carbonyl (C=O) groups is 1. The molecule has 0 unspecified atom stereocenters. The molecule has 0 aromatic carbocycles. The van der Waals surface area contributed by atoms with Crippen molar-refractivity contribution in [1.82, 2.24) is 25.0 Å². The van der Waals surface area contributed by atoms with E-state index in [0.29, 0.717) is 32.8 Å². The highest BCUT2D eigenvalue weighted by molar-refractivity contribution is 5.79. The lowest BCUT2D eigenvalue weighted by atomic mass is 9.98. The van der Waals surface area contributed by atoms with Gasteiger partial charge in [0.25, 0.3) is 0 Å². The van der Waals surface area contributed by atoms with Crippen LogP contribution in [0.1, 0.15) is 31.4 Å². The number of carbonyl (C=O) groups excluding carboxylic acids is 1. The largest absolute Gasteiger partial charge is 0.374 e. The zero-order valence-electron chi connectivity index (χ0n) is 15.2. The summed E-state index contributed by atoms with van der Waals surface area (Å²) in [6.45, 7) is 8.50. The third kappa shape index (κ3) is 4.35. The number of morpholine rings is 1. The fourth-order valence-corrected chi connectivity index (χ4v) is 3.38. The molecule has 1 aromatic rings. The van der Waals surface area contributed by atoms with Crippen LogP contribution in [0.5, 0.6) is 0 Å². The minimum absolute atomic E-state index is 0.0212.